The first kappa shape index (κ1) is 15.5. The maximum atomic E-state index is 12.4. The van der Waals surface area contributed by atoms with Gasteiger partial charge in [0.1, 0.15) is 0 Å². The molecule has 0 aliphatic rings. The molecule has 1 aromatic carbocycles. The quantitative estimate of drug-likeness (QED) is 0.677. The molecule has 20 heavy (non-hydrogen) atoms. The summed E-state index contributed by atoms with van der Waals surface area (Å²) in [4.78, 5) is 11.4. The van der Waals surface area contributed by atoms with Crippen LogP contribution < -0.4 is 5.32 Å². The maximum Gasteiger partial charge on any atom is 0.415 e. The Morgan fingerprint density at radius 1 is 1.45 bits per heavy atom. The second kappa shape index (κ2) is 6.06. The number of carbonyl (C=O) groups excluding carboxylic acids is 1. The molecule has 0 radical (unpaired) electrons. The van der Waals surface area contributed by atoms with Crippen LogP contribution in [0.2, 0.25) is 0 Å². The summed E-state index contributed by atoms with van der Waals surface area (Å²) < 4.78 is 37.2. The molecule has 0 unspecified atom stereocenters. The predicted octanol–water partition coefficient (Wildman–Crippen LogP) is 3.56. The summed E-state index contributed by atoms with van der Waals surface area (Å²) in [5.74, 6) is -0.572. The van der Waals surface area contributed by atoms with E-state index in [-0.39, 0.29) is 5.70 Å². The minimum absolute atomic E-state index is 0.248. The third-order valence-corrected chi connectivity index (χ3v) is 2.33. The molecule has 0 bridgehead atoms. The second-order valence-electron chi connectivity index (χ2n) is 3.95. The first-order valence-electron chi connectivity index (χ1n) is 5.50. The smallest absolute Gasteiger partial charge is 0.353 e. The van der Waals surface area contributed by atoms with Gasteiger partial charge in [-0.1, -0.05) is 12.6 Å². The number of carbonyl (C=O) groups is 1. The molecular weight excluding hydrogens is 269 g/mol. The number of alkyl halides is 3. The van der Waals surface area contributed by atoms with Crippen LogP contribution in [0, 0.1) is 11.3 Å². The predicted molar refractivity (Wildman–Crippen MR) is 68.7 cm³/mol. The van der Waals surface area contributed by atoms with Crippen molar-refractivity contribution in [2.45, 2.75) is 13.1 Å². The van der Waals surface area contributed by atoms with Crippen molar-refractivity contribution in [3.8, 4) is 6.07 Å². The Morgan fingerprint density at radius 2 is 2.10 bits per heavy atom. The summed E-state index contributed by atoms with van der Waals surface area (Å²) in [6.45, 7) is 4.01. The molecule has 0 atom stereocenters. The van der Waals surface area contributed by atoms with Gasteiger partial charge in [0.15, 0.2) is 5.78 Å². The number of halogens is 3. The molecule has 0 aliphatic carbocycles. The molecular formula is C14H11F3N2O. The molecule has 0 aromatic heterocycles. The minimum atomic E-state index is -4.60. The molecule has 0 aliphatic heterocycles. The number of hydrogen-bond acceptors (Lipinski definition) is 3. The van der Waals surface area contributed by atoms with Crippen LogP contribution in [0.5, 0.6) is 0 Å². The Kier molecular flexibility index (Phi) is 4.70. The Labute approximate surface area is 114 Å². The fourth-order valence-corrected chi connectivity index (χ4v) is 1.30. The summed E-state index contributed by atoms with van der Waals surface area (Å²) in [7, 11) is 0. The number of benzene rings is 1. The molecule has 1 N–H and O–H groups in total. The summed E-state index contributed by atoms with van der Waals surface area (Å²) in [5.41, 5.74) is -0.706. The van der Waals surface area contributed by atoms with Crippen molar-refractivity contribution in [1.82, 2.24) is 0 Å². The van der Waals surface area contributed by atoms with Gasteiger partial charge in [-0.15, -0.1) is 0 Å². The van der Waals surface area contributed by atoms with E-state index in [2.05, 4.69) is 11.9 Å². The van der Waals surface area contributed by atoms with Gasteiger partial charge in [-0.05, 0) is 24.3 Å². The van der Waals surface area contributed by atoms with E-state index in [9.17, 15) is 18.0 Å². The van der Waals surface area contributed by atoms with Crippen molar-refractivity contribution in [2.24, 2.45) is 0 Å². The molecule has 104 valence electrons. The van der Waals surface area contributed by atoms with E-state index in [1.165, 1.54) is 18.2 Å². The van der Waals surface area contributed by atoms with Crippen LogP contribution >= 0.6 is 0 Å². The van der Waals surface area contributed by atoms with E-state index in [4.69, 9.17) is 5.26 Å². The lowest BCUT2D eigenvalue weighted by Gasteiger charge is -2.11. The first-order valence-corrected chi connectivity index (χ1v) is 5.50. The van der Waals surface area contributed by atoms with Gasteiger partial charge in [0, 0.05) is 12.6 Å². The fraction of sp³-hybridized carbons (Fsp3) is 0.143. The number of nitrogens with one attached hydrogen (secondary N) is 1. The number of ketones is 1. The monoisotopic (exact) mass is 280 g/mol. The number of nitrogens with zero attached hydrogens (tertiary/aromatic N) is 1. The van der Waals surface area contributed by atoms with E-state index in [1.54, 1.807) is 6.07 Å². The standard InChI is InChI=1S/C14H11F3N2O/c1-9(14(15,16)17)6-13(10(2)20)19-12-5-3-4-11(7-12)8-18/h3-7,19H,1H2,2H3/b13-6-. The molecule has 3 nitrogen and oxygen atoms in total. The summed E-state index contributed by atoms with van der Waals surface area (Å²) in [6, 6.07) is 7.94. The van der Waals surface area contributed by atoms with Crippen LogP contribution in [0.15, 0.2) is 48.2 Å². The van der Waals surface area contributed by atoms with Crippen LogP contribution in [0.25, 0.3) is 0 Å². The number of Topliss-reactive ketones (excluding diaryl/α,β-unsaturated/α-hetero) is 1. The van der Waals surface area contributed by atoms with Gasteiger partial charge in [0.2, 0.25) is 0 Å². The minimum Gasteiger partial charge on any atom is -0.353 e. The van der Waals surface area contributed by atoms with Crippen molar-refractivity contribution in [3.05, 3.63) is 53.8 Å². The lowest BCUT2D eigenvalue weighted by atomic mass is 10.1. The van der Waals surface area contributed by atoms with Crippen molar-refractivity contribution >= 4 is 11.5 Å². The average molecular weight is 280 g/mol. The van der Waals surface area contributed by atoms with Crippen molar-refractivity contribution in [2.75, 3.05) is 5.32 Å². The molecule has 0 heterocycles. The van der Waals surface area contributed by atoms with Gasteiger partial charge < -0.3 is 5.32 Å². The van der Waals surface area contributed by atoms with Crippen LogP contribution in [0.1, 0.15) is 12.5 Å². The van der Waals surface area contributed by atoms with Gasteiger partial charge in [0.25, 0.3) is 0 Å². The van der Waals surface area contributed by atoms with E-state index in [1.807, 2.05) is 6.07 Å². The SMILES string of the molecule is C=C(/C=C(\Nc1cccc(C#N)c1)C(C)=O)C(F)(F)F. The molecule has 0 spiro atoms. The zero-order chi connectivity index (χ0) is 15.3. The topological polar surface area (TPSA) is 52.9 Å². The Morgan fingerprint density at radius 3 is 2.60 bits per heavy atom. The molecule has 0 saturated heterocycles. The van der Waals surface area contributed by atoms with Crippen LogP contribution in [-0.4, -0.2) is 12.0 Å². The zero-order valence-electron chi connectivity index (χ0n) is 10.6. The van der Waals surface area contributed by atoms with Gasteiger partial charge >= 0.3 is 6.18 Å². The number of hydrogen-bond donors (Lipinski definition) is 1. The fourth-order valence-electron chi connectivity index (χ4n) is 1.30. The van der Waals surface area contributed by atoms with Gasteiger partial charge in [-0.3, -0.25) is 4.79 Å². The number of nitriles is 1. The largest absolute Gasteiger partial charge is 0.415 e. The van der Waals surface area contributed by atoms with E-state index < -0.39 is 17.5 Å². The molecule has 1 aromatic rings. The normalized spacial score (nSPS) is 11.7. The van der Waals surface area contributed by atoms with Gasteiger partial charge in [0.05, 0.1) is 22.9 Å². The Balaban J connectivity index is 3.05. The number of allylic oxidation sites excluding steroid dienone is 3. The summed E-state index contributed by atoms with van der Waals surface area (Å²) >= 11 is 0. The third-order valence-electron chi connectivity index (χ3n) is 2.33. The van der Waals surface area contributed by atoms with Crippen LogP contribution in [0.4, 0.5) is 18.9 Å². The highest BCUT2D eigenvalue weighted by Gasteiger charge is 2.30. The highest BCUT2D eigenvalue weighted by molar-refractivity contribution is 5.96. The lowest BCUT2D eigenvalue weighted by Crippen LogP contribution is -2.14. The third kappa shape index (κ3) is 4.28. The molecule has 0 saturated carbocycles. The number of rotatable bonds is 4. The summed E-state index contributed by atoms with van der Waals surface area (Å²) in [6.07, 6.45) is -3.96. The van der Waals surface area contributed by atoms with Crippen molar-refractivity contribution in [3.63, 3.8) is 0 Å². The maximum absolute atomic E-state index is 12.4. The van der Waals surface area contributed by atoms with Crippen LogP contribution in [0.3, 0.4) is 0 Å². The van der Waals surface area contributed by atoms with Gasteiger partial charge in [-0.2, -0.15) is 18.4 Å². The second-order valence-corrected chi connectivity index (χ2v) is 3.95. The zero-order valence-corrected chi connectivity index (χ0v) is 10.6. The van der Waals surface area contributed by atoms with Crippen LogP contribution in [-0.2, 0) is 4.79 Å². The molecule has 0 amide bonds. The van der Waals surface area contributed by atoms with E-state index in [0.717, 1.165) is 6.92 Å². The molecule has 0 fully saturated rings. The number of anilines is 1. The molecule has 1 rings (SSSR count). The molecule has 6 heteroatoms. The Bertz CT molecular complexity index is 610. The van der Waals surface area contributed by atoms with Gasteiger partial charge in [-0.25, -0.2) is 0 Å². The van der Waals surface area contributed by atoms with E-state index in [0.29, 0.717) is 17.3 Å². The first-order chi connectivity index (χ1) is 9.24. The lowest BCUT2D eigenvalue weighted by molar-refractivity contribution is -0.113. The Hall–Kier alpha value is -2.55. The van der Waals surface area contributed by atoms with Crippen molar-refractivity contribution < 1.29 is 18.0 Å². The highest BCUT2D eigenvalue weighted by Crippen LogP contribution is 2.26. The average Bonchev–Trinajstić information content (AvgIpc) is 2.36. The van der Waals surface area contributed by atoms with Crippen molar-refractivity contribution in [1.29, 1.82) is 5.26 Å². The summed E-state index contributed by atoms with van der Waals surface area (Å²) in [5, 5.41) is 11.3. The highest BCUT2D eigenvalue weighted by atomic mass is 19.4. The van der Waals surface area contributed by atoms with E-state index >= 15 is 0 Å².